The molecule has 1 heterocycles. The number of carbonyl (C=O) groups is 1. The molecule has 0 aromatic heterocycles. The highest BCUT2D eigenvalue weighted by Crippen LogP contribution is 2.05. The van der Waals surface area contributed by atoms with Crippen LogP contribution in [0.1, 0.15) is 19.3 Å². The molecule has 0 saturated carbocycles. The lowest BCUT2D eigenvalue weighted by Gasteiger charge is -2.07. The van der Waals surface area contributed by atoms with Gasteiger partial charge in [0.1, 0.15) is 6.04 Å². The molecule has 0 bridgehead atoms. The third-order valence-corrected chi connectivity index (χ3v) is 1.51. The monoisotopic (exact) mass is 145 g/mol. The smallest absolute Gasteiger partial charge is 0.323 e. The van der Waals surface area contributed by atoms with Gasteiger partial charge in [0.05, 0.1) is 6.61 Å². The molecule has 0 spiro atoms. The number of carboxylic acids is 1. The van der Waals surface area contributed by atoms with Gasteiger partial charge in [0, 0.05) is 0 Å². The maximum Gasteiger partial charge on any atom is 0.323 e. The number of carboxylic acid groups (broad SMARTS) is 1. The lowest BCUT2D eigenvalue weighted by atomic mass is 10.1. The summed E-state index contributed by atoms with van der Waals surface area (Å²) in [4.78, 5) is 15.2. The van der Waals surface area contributed by atoms with Crippen molar-refractivity contribution >= 4 is 5.97 Å². The third kappa shape index (κ3) is 1.97. The Balaban J connectivity index is 2.35. The molecule has 2 N–H and O–H groups in total. The summed E-state index contributed by atoms with van der Waals surface area (Å²) in [6.07, 6.45) is 2.52. The molecule has 4 nitrogen and oxygen atoms in total. The van der Waals surface area contributed by atoms with Crippen molar-refractivity contribution in [2.45, 2.75) is 25.3 Å². The van der Waals surface area contributed by atoms with Crippen LogP contribution in [0.2, 0.25) is 0 Å². The van der Waals surface area contributed by atoms with Crippen LogP contribution in [0.15, 0.2) is 0 Å². The van der Waals surface area contributed by atoms with Gasteiger partial charge in [-0.2, -0.15) is 5.48 Å². The Morgan fingerprint density at radius 1 is 1.60 bits per heavy atom. The first kappa shape index (κ1) is 7.50. The number of rotatable bonds is 1. The summed E-state index contributed by atoms with van der Waals surface area (Å²) in [5.41, 5.74) is 2.48. The van der Waals surface area contributed by atoms with Gasteiger partial charge in [0.25, 0.3) is 0 Å². The highest BCUT2D eigenvalue weighted by molar-refractivity contribution is 5.73. The van der Waals surface area contributed by atoms with Crippen LogP contribution in [-0.4, -0.2) is 23.7 Å². The minimum Gasteiger partial charge on any atom is -0.480 e. The predicted molar refractivity (Wildman–Crippen MR) is 34.4 cm³/mol. The molecule has 1 rings (SSSR count). The molecular formula is C6H11NO3. The van der Waals surface area contributed by atoms with E-state index in [1.54, 1.807) is 0 Å². The zero-order chi connectivity index (χ0) is 7.40. The molecule has 1 fully saturated rings. The number of hydroxylamine groups is 1. The summed E-state index contributed by atoms with van der Waals surface area (Å²) in [6.45, 7) is 0.615. The van der Waals surface area contributed by atoms with Gasteiger partial charge in [-0.15, -0.1) is 0 Å². The molecule has 1 aliphatic heterocycles. The molecule has 1 unspecified atom stereocenters. The average Bonchev–Trinajstić information content (AvgIpc) is 2.12. The van der Waals surface area contributed by atoms with Crippen LogP contribution >= 0.6 is 0 Å². The van der Waals surface area contributed by atoms with Crippen LogP contribution in [0, 0.1) is 0 Å². The fraction of sp³-hybridized carbons (Fsp3) is 0.833. The summed E-state index contributed by atoms with van der Waals surface area (Å²) in [6, 6.07) is -0.512. The van der Waals surface area contributed by atoms with Crippen molar-refractivity contribution < 1.29 is 14.7 Å². The number of hydrogen-bond donors (Lipinski definition) is 2. The average molecular weight is 145 g/mol. The quantitative estimate of drug-likeness (QED) is 0.551. The van der Waals surface area contributed by atoms with Gasteiger partial charge in [-0.05, 0) is 19.3 Å². The first-order chi connectivity index (χ1) is 4.80. The van der Waals surface area contributed by atoms with Crippen LogP contribution in [0.5, 0.6) is 0 Å². The van der Waals surface area contributed by atoms with Crippen molar-refractivity contribution in [3.8, 4) is 0 Å². The summed E-state index contributed by atoms with van der Waals surface area (Å²) < 4.78 is 0. The molecular weight excluding hydrogens is 134 g/mol. The number of aliphatic carboxylic acids is 1. The van der Waals surface area contributed by atoms with Crippen molar-refractivity contribution in [2.24, 2.45) is 0 Å². The minimum absolute atomic E-state index is 0.512. The van der Waals surface area contributed by atoms with Crippen molar-refractivity contribution in [3.05, 3.63) is 0 Å². The van der Waals surface area contributed by atoms with Gasteiger partial charge in [-0.1, -0.05) is 0 Å². The van der Waals surface area contributed by atoms with E-state index in [4.69, 9.17) is 9.94 Å². The Kier molecular flexibility index (Phi) is 2.65. The fourth-order valence-electron chi connectivity index (χ4n) is 0.915. The number of nitrogens with one attached hydrogen (secondary N) is 1. The molecule has 0 aliphatic carbocycles. The first-order valence-corrected chi connectivity index (χ1v) is 3.41. The second-order valence-corrected chi connectivity index (χ2v) is 2.35. The normalized spacial score (nSPS) is 27.4. The molecule has 10 heavy (non-hydrogen) atoms. The van der Waals surface area contributed by atoms with Crippen molar-refractivity contribution in [1.29, 1.82) is 0 Å². The molecule has 1 atom stereocenters. The highest BCUT2D eigenvalue weighted by Gasteiger charge is 2.18. The Morgan fingerprint density at radius 3 is 3.10 bits per heavy atom. The van der Waals surface area contributed by atoms with E-state index in [0.717, 1.165) is 12.8 Å². The Hall–Kier alpha value is -0.610. The van der Waals surface area contributed by atoms with E-state index in [2.05, 4.69) is 5.48 Å². The van der Waals surface area contributed by atoms with Gasteiger partial charge in [0.15, 0.2) is 0 Å². The summed E-state index contributed by atoms with van der Waals surface area (Å²) >= 11 is 0. The highest BCUT2D eigenvalue weighted by atomic mass is 16.6. The molecule has 0 amide bonds. The van der Waals surface area contributed by atoms with Gasteiger partial charge in [-0.25, -0.2) is 0 Å². The zero-order valence-corrected chi connectivity index (χ0v) is 5.67. The van der Waals surface area contributed by atoms with E-state index >= 15 is 0 Å². The van der Waals surface area contributed by atoms with Crippen molar-refractivity contribution in [1.82, 2.24) is 5.48 Å². The third-order valence-electron chi connectivity index (χ3n) is 1.51. The molecule has 58 valence electrons. The van der Waals surface area contributed by atoms with Crippen LogP contribution in [0.4, 0.5) is 0 Å². The van der Waals surface area contributed by atoms with Gasteiger partial charge in [0.2, 0.25) is 0 Å². The van der Waals surface area contributed by atoms with E-state index in [1.807, 2.05) is 0 Å². The van der Waals surface area contributed by atoms with Crippen LogP contribution in [0.25, 0.3) is 0 Å². The molecule has 0 aromatic carbocycles. The maximum atomic E-state index is 10.4. The van der Waals surface area contributed by atoms with E-state index in [-0.39, 0.29) is 0 Å². The second kappa shape index (κ2) is 3.53. The van der Waals surface area contributed by atoms with E-state index < -0.39 is 12.0 Å². The summed E-state index contributed by atoms with van der Waals surface area (Å²) in [7, 11) is 0. The minimum atomic E-state index is -0.832. The molecule has 0 aromatic rings. The number of hydrogen-bond acceptors (Lipinski definition) is 3. The van der Waals surface area contributed by atoms with Crippen molar-refractivity contribution in [2.75, 3.05) is 6.61 Å². The van der Waals surface area contributed by atoms with Crippen molar-refractivity contribution in [3.63, 3.8) is 0 Å². The Morgan fingerprint density at radius 2 is 2.40 bits per heavy atom. The van der Waals surface area contributed by atoms with Gasteiger partial charge >= 0.3 is 5.97 Å². The first-order valence-electron chi connectivity index (χ1n) is 3.41. The molecule has 1 saturated heterocycles. The van der Waals surface area contributed by atoms with E-state index in [0.29, 0.717) is 13.0 Å². The van der Waals surface area contributed by atoms with E-state index in [1.165, 1.54) is 0 Å². The topological polar surface area (TPSA) is 58.6 Å². The molecule has 4 heteroatoms. The standard InChI is InChI=1S/C6H11NO3/c8-6(9)5-3-1-2-4-10-7-5/h5,7H,1-4H2,(H,8,9). The van der Waals surface area contributed by atoms with E-state index in [9.17, 15) is 4.79 Å². The summed E-state index contributed by atoms with van der Waals surface area (Å²) in [5, 5.41) is 8.52. The molecule has 0 radical (unpaired) electrons. The van der Waals surface area contributed by atoms with Crippen LogP contribution in [0.3, 0.4) is 0 Å². The van der Waals surface area contributed by atoms with Crippen LogP contribution < -0.4 is 5.48 Å². The lowest BCUT2D eigenvalue weighted by molar-refractivity contribution is -0.143. The second-order valence-electron chi connectivity index (χ2n) is 2.35. The largest absolute Gasteiger partial charge is 0.480 e. The zero-order valence-electron chi connectivity index (χ0n) is 5.67. The van der Waals surface area contributed by atoms with Gasteiger partial charge in [-0.3, -0.25) is 4.79 Å². The van der Waals surface area contributed by atoms with Crippen LogP contribution in [-0.2, 0) is 9.63 Å². The van der Waals surface area contributed by atoms with Gasteiger partial charge < -0.3 is 9.94 Å². The predicted octanol–water partition coefficient (Wildman–Crippen LogP) is 0.145. The lowest BCUT2D eigenvalue weighted by Crippen LogP contribution is -2.35. The maximum absolute atomic E-state index is 10.4. The Labute approximate surface area is 59.1 Å². The molecule has 1 aliphatic rings. The SMILES string of the molecule is O=C(O)C1CCCCON1. The summed E-state index contributed by atoms with van der Waals surface area (Å²) in [5.74, 6) is -0.832. The fourth-order valence-corrected chi connectivity index (χ4v) is 0.915. The Bertz CT molecular complexity index is 118.